The molecular formula is C20H23ClFN4OS+. The standard InChI is InChI=1S/C20H22ClFN4OS/c1-14-2-5-17(12-18(14)21)24-20(28)26-10-8-25(9-11-26)13-19(27)23-16-6-3-15(22)4-7-16/h2-7,12H,8-11,13H2,1H3,(H,23,27)(H,24,28)/p+1. The first-order valence-electron chi connectivity index (χ1n) is 9.12. The van der Waals surface area contributed by atoms with E-state index in [0.29, 0.717) is 22.4 Å². The van der Waals surface area contributed by atoms with Crippen LogP contribution in [0.4, 0.5) is 15.8 Å². The number of quaternary nitrogens is 1. The summed E-state index contributed by atoms with van der Waals surface area (Å²) in [6.45, 7) is 5.49. The molecule has 0 unspecified atom stereocenters. The molecule has 3 N–H and O–H groups in total. The average Bonchev–Trinajstić information content (AvgIpc) is 2.67. The molecule has 5 nitrogen and oxygen atoms in total. The average molecular weight is 422 g/mol. The molecule has 1 aliphatic heterocycles. The number of hydrogen-bond acceptors (Lipinski definition) is 2. The maximum absolute atomic E-state index is 12.9. The van der Waals surface area contributed by atoms with Crippen molar-refractivity contribution in [1.82, 2.24) is 4.90 Å². The molecule has 0 radical (unpaired) electrons. The van der Waals surface area contributed by atoms with E-state index in [2.05, 4.69) is 15.5 Å². The number of amides is 1. The molecule has 0 atom stereocenters. The molecule has 28 heavy (non-hydrogen) atoms. The molecule has 2 aromatic carbocycles. The van der Waals surface area contributed by atoms with Crippen LogP contribution in [0.25, 0.3) is 0 Å². The van der Waals surface area contributed by atoms with Crippen LogP contribution >= 0.6 is 23.8 Å². The summed E-state index contributed by atoms with van der Waals surface area (Å²) in [5.41, 5.74) is 2.50. The third kappa shape index (κ3) is 5.64. The molecule has 0 bridgehead atoms. The van der Waals surface area contributed by atoms with Crippen molar-refractivity contribution >= 4 is 46.2 Å². The minimum atomic E-state index is -0.322. The number of hydrogen-bond donors (Lipinski definition) is 3. The molecule has 0 aliphatic carbocycles. The third-order valence-corrected chi connectivity index (χ3v) is 5.49. The number of aryl methyl sites for hydroxylation is 1. The fourth-order valence-corrected chi connectivity index (χ4v) is 3.52. The Kier molecular flexibility index (Phi) is 6.83. The fourth-order valence-electron chi connectivity index (χ4n) is 3.04. The summed E-state index contributed by atoms with van der Waals surface area (Å²) < 4.78 is 12.9. The molecule has 1 heterocycles. The second-order valence-corrected chi connectivity index (χ2v) is 7.66. The van der Waals surface area contributed by atoms with Crippen molar-refractivity contribution in [2.24, 2.45) is 0 Å². The first-order valence-corrected chi connectivity index (χ1v) is 9.90. The quantitative estimate of drug-likeness (QED) is 0.663. The summed E-state index contributed by atoms with van der Waals surface area (Å²) in [6, 6.07) is 11.5. The van der Waals surface area contributed by atoms with Gasteiger partial charge in [-0.1, -0.05) is 17.7 Å². The Balaban J connectivity index is 1.44. The zero-order valence-corrected chi connectivity index (χ0v) is 17.2. The van der Waals surface area contributed by atoms with Crippen LogP contribution in [0.5, 0.6) is 0 Å². The largest absolute Gasteiger partial charge is 0.338 e. The second-order valence-electron chi connectivity index (χ2n) is 6.86. The number of piperazine rings is 1. The van der Waals surface area contributed by atoms with Gasteiger partial charge in [-0.2, -0.15) is 0 Å². The van der Waals surface area contributed by atoms with Gasteiger partial charge in [-0.25, -0.2) is 4.39 Å². The van der Waals surface area contributed by atoms with Gasteiger partial charge in [0.15, 0.2) is 11.7 Å². The van der Waals surface area contributed by atoms with E-state index in [1.165, 1.54) is 17.0 Å². The van der Waals surface area contributed by atoms with Crippen LogP contribution in [0.1, 0.15) is 5.56 Å². The minimum Gasteiger partial charge on any atom is -0.338 e. The van der Waals surface area contributed by atoms with E-state index in [1.54, 1.807) is 12.1 Å². The maximum Gasteiger partial charge on any atom is 0.279 e. The fraction of sp³-hybridized carbons (Fsp3) is 0.300. The molecule has 1 amide bonds. The highest BCUT2D eigenvalue weighted by molar-refractivity contribution is 7.80. The van der Waals surface area contributed by atoms with Crippen molar-refractivity contribution in [3.63, 3.8) is 0 Å². The Morgan fingerprint density at radius 3 is 2.43 bits per heavy atom. The smallest absolute Gasteiger partial charge is 0.279 e. The molecule has 2 aromatic rings. The Morgan fingerprint density at radius 2 is 1.79 bits per heavy atom. The first kappa shape index (κ1) is 20.5. The van der Waals surface area contributed by atoms with Gasteiger partial charge in [0, 0.05) is 16.4 Å². The minimum absolute atomic E-state index is 0.0787. The van der Waals surface area contributed by atoms with Crippen LogP contribution < -0.4 is 15.5 Å². The third-order valence-electron chi connectivity index (χ3n) is 4.72. The highest BCUT2D eigenvalue weighted by Crippen LogP contribution is 2.20. The van der Waals surface area contributed by atoms with Crippen molar-refractivity contribution in [1.29, 1.82) is 0 Å². The first-order chi connectivity index (χ1) is 13.4. The summed E-state index contributed by atoms with van der Waals surface area (Å²) in [5, 5.41) is 7.39. The van der Waals surface area contributed by atoms with E-state index in [-0.39, 0.29) is 11.7 Å². The molecule has 148 valence electrons. The SMILES string of the molecule is Cc1ccc(NC(=S)N2CC[NH+](CC(=O)Nc3ccc(F)cc3)CC2)cc1Cl. The topological polar surface area (TPSA) is 48.8 Å². The van der Waals surface area contributed by atoms with E-state index < -0.39 is 0 Å². The van der Waals surface area contributed by atoms with E-state index >= 15 is 0 Å². The number of rotatable bonds is 4. The van der Waals surface area contributed by atoms with Crippen molar-refractivity contribution in [3.8, 4) is 0 Å². The number of benzene rings is 2. The lowest BCUT2D eigenvalue weighted by Gasteiger charge is -2.33. The molecule has 3 rings (SSSR count). The Labute approximate surface area is 174 Å². The van der Waals surface area contributed by atoms with Crippen LogP contribution in [-0.2, 0) is 4.79 Å². The van der Waals surface area contributed by atoms with Crippen molar-refractivity contribution in [2.75, 3.05) is 43.4 Å². The molecular weight excluding hydrogens is 399 g/mol. The van der Waals surface area contributed by atoms with Gasteiger partial charge < -0.3 is 20.4 Å². The van der Waals surface area contributed by atoms with E-state index in [4.69, 9.17) is 23.8 Å². The van der Waals surface area contributed by atoms with Crippen molar-refractivity contribution in [3.05, 3.63) is 58.9 Å². The van der Waals surface area contributed by atoms with Crippen LogP contribution in [-0.4, -0.2) is 48.6 Å². The van der Waals surface area contributed by atoms with E-state index in [0.717, 1.165) is 37.4 Å². The Bertz CT molecular complexity index is 854. The van der Waals surface area contributed by atoms with Gasteiger partial charge in [-0.05, 0) is 61.1 Å². The van der Waals surface area contributed by atoms with Gasteiger partial charge in [0.25, 0.3) is 5.91 Å². The summed E-state index contributed by atoms with van der Waals surface area (Å²) in [5.74, 6) is -0.401. The molecule has 8 heteroatoms. The molecule has 0 spiro atoms. The number of nitrogens with zero attached hydrogens (tertiary/aromatic N) is 1. The predicted octanol–water partition coefficient (Wildman–Crippen LogP) is 2.32. The van der Waals surface area contributed by atoms with Gasteiger partial charge in [-0.3, -0.25) is 4.79 Å². The van der Waals surface area contributed by atoms with E-state index in [1.807, 2.05) is 25.1 Å². The monoisotopic (exact) mass is 421 g/mol. The zero-order chi connectivity index (χ0) is 20.1. The molecule has 1 aliphatic rings. The van der Waals surface area contributed by atoms with Crippen LogP contribution in [0.2, 0.25) is 5.02 Å². The van der Waals surface area contributed by atoms with Gasteiger partial charge in [0.2, 0.25) is 0 Å². The maximum atomic E-state index is 12.9. The van der Waals surface area contributed by atoms with Crippen molar-refractivity contribution < 1.29 is 14.1 Å². The molecule has 0 saturated carbocycles. The number of nitrogens with one attached hydrogen (secondary N) is 3. The zero-order valence-electron chi connectivity index (χ0n) is 15.6. The van der Waals surface area contributed by atoms with Gasteiger partial charge in [0.1, 0.15) is 5.82 Å². The number of thiocarbonyl (C=S) groups is 1. The summed E-state index contributed by atoms with van der Waals surface area (Å²) in [4.78, 5) is 15.5. The summed E-state index contributed by atoms with van der Waals surface area (Å²) in [7, 11) is 0. The van der Waals surface area contributed by atoms with Crippen molar-refractivity contribution in [2.45, 2.75) is 6.92 Å². The molecule has 0 aromatic heterocycles. The van der Waals surface area contributed by atoms with Gasteiger partial charge in [-0.15, -0.1) is 0 Å². The van der Waals surface area contributed by atoms with Gasteiger partial charge in [0.05, 0.1) is 26.2 Å². The number of halogens is 2. The highest BCUT2D eigenvalue weighted by atomic mass is 35.5. The summed E-state index contributed by atoms with van der Waals surface area (Å²) in [6.07, 6.45) is 0. The van der Waals surface area contributed by atoms with E-state index in [9.17, 15) is 9.18 Å². The predicted molar refractivity (Wildman–Crippen MR) is 115 cm³/mol. The lowest BCUT2D eigenvalue weighted by Crippen LogP contribution is -3.15. The molecule has 1 saturated heterocycles. The van der Waals surface area contributed by atoms with Crippen LogP contribution in [0.15, 0.2) is 42.5 Å². The Morgan fingerprint density at radius 1 is 1.14 bits per heavy atom. The highest BCUT2D eigenvalue weighted by Gasteiger charge is 2.23. The van der Waals surface area contributed by atoms with Crippen LogP contribution in [0.3, 0.4) is 0 Å². The normalized spacial score (nSPS) is 14.6. The van der Waals surface area contributed by atoms with Gasteiger partial charge >= 0.3 is 0 Å². The number of carbonyl (C=O) groups excluding carboxylic acids is 1. The lowest BCUT2D eigenvalue weighted by molar-refractivity contribution is -0.895. The number of anilines is 2. The number of carbonyl (C=O) groups is 1. The lowest BCUT2D eigenvalue weighted by atomic mass is 10.2. The Hall–Kier alpha value is -2.22. The molecule has 1 fully saturated rings. The summed E-state index contributed by atoms with van der Waals surface area (Å²) >= 11 is 11.7. The second kappa shape index (κ2) is 9.32. The van der Waals surface area contributed by atoms with Crippen LogP contribution in [0, 0.1) is 12.7 Å².